The molecule has 0 aliphatic carbocycles. The van der Waals surface area contributed by atoms with Crippen molar-refractivity contribution >= 4 is 22.5 Å². The van der Waals surface area contributed by atoms with Crippen LogP contribution in [0.4, 0.5) is 0 Å². The van der Waals surface area contributed by atoms with Gasteiger partial charge < -0.3 is 5.32 Å². The van der Waals surface area contributed by atoms with Gasteiger partial charge in [-0.15, -0.1) is 0 Å². The standard InChI is InChI=1S/C15H20ClN3O/c1-9(2)8-17-10(3)14-18-13-7-11(16)5-6-12(13)15(20)19(14)4/h5-7,9-10,17H,8H2,1-4H3/t10-/m0/s1. The maximum Gasteiger partial charge on any atom is 0.261 e. The Morgan fingerprint density at radius 1 is 1.35 bits per heavy atom. The SMILES string of the molecule is CC(C)CN[C@@H](C)c1nc2cc(Cl)ccc2c(=O)n1C. The summed E-state index contributed by atoms with van der Waals surface area (Å²) in [7, 11) is 1.76. The lowest BCUT2D eigenvalue weighted by Crippen LogP contribution is -2.31. The lowest BCUT2D eigenvalue weighted by molar-refractivity contribution is 0.468. The van der Waals surface area contributed by atoms with E-state index in [-0.39, 0.29) is 11.6 Å². The molecule has 0 spiro atoms. The number of nitrogens with zero attached hydrogens (tertiary/aromatic N) is 2. The van der Waals surface area contributed by atoms with Gasteiger partial charge in [0, 0.05) is 12.1 Å². The smallest absolute Gasteiger partial charge is 0.261 e. The van der Waals surface area contributed by atoms with Crippen molar-refractivity contribution in [2.75, 3.05) is 6.54 Å². The lowest BCUT2D eigenvalue weighted by atomic mass is 10.2. The highest BCUT2D eigenvalue weighted by Gasteiger charge is 2.14. The largest absolute Gasteiger partial charge is 0.307 e. The summed E-state index contributed by atoms with van der Waals surface area (Å²) in [5, 5.41) is 4.57. The maximum atomic E-state index is 12.4. The normalized spacial score (nSPS) is 13.1. The zero-order chi connectivity index (χ0) is 14.9. The summed E-state index contributed by atoms with van der Waals surface area (Å²) in [5.74, 6) is 1.27. The zero-order valence-electron chi connectivity index (χ0n) is 12.3. The molecule has 0 saturated carbocycles. The second-order valence-corrected chi connectivity index (χ2v) is 5.96. The third-order valence-electron chi connectivity index (χ3n) is 3.29. The Kier molecular flexibility index (Phi) is 4.45. The Balaban J connectivity index is 2.48. The van der Waals surface area contributed by atoms with Crippen molar-refractivity contribution in [2.45, 2.75) is 26.8 Å². The zero-order valence-corrected chi connectivity index (χ0v) is 13.0. The molecule has 1 aromatic carbocycles. The van der Waals surface area contributed by atoms with Crippen molar-refractivity contribution in [2.24, 2.45) is 13.0 Å². The quantitative estimate of drug-likeness (QED) is 0.943. The second-order valence-electron chi connectivity index (χ2n) is 5.52. The number of benzene rings is 1. The van der Waals surface area contributed by atoms with Gasteiger partial charge in [-0.1, -0.05) is 25.4 Å². The predicted octanol–water partition coefficient (Wildman–Crippen LogP) is 2.89. The monoisotopic (exact) mass is 293 g/mol. The van der Waals surface area contributed by atoms with Gasteiger partial charge in [0.1, 0.15) is 5.82 Å². The summed E-state index contributed by atoms with van der Waals surface area (Å²) in [6.07, 6.45) is 0. The first-order valence-electron chi connectivity index (χ1n) is 6.79. The van der Waals surface area contributed by atoms with Crippen LogP contribution in [0.3, 0.4) is 0 Å². The van der Waals surface area contributed by atoms with Crippen LogP contribution in [0.5, 0.6) is 0 Å². The fraction of sp³-hybridized carbons (Fsp3) is 0.467. The molecule has 0 fully saturated rings. The highest BCUT2D eigenvalue weighted by atomic mass is 35.5. The molecule has 2 rings (SSSR count). The summed E-state index contributed by atoms with van der Waals surface area (Å²) < 4.78 is 1.61. The van der Waals surface area contributed by atoms with E-state index >= 15 is 0 Å². The molecule has 1 aromatic heterocycles. The fourth-order valence-corrected chi connectivity index (χ4v) is 2.32. The Hall–Kier alpha value is -1.39. The van der Waals surface area contributed by atoms with Crippen molar-refractivity contribution in [1.82, 2.24) is 14.9 Å². The predicted molar refractivity (Wildman–Crippen MR) is 83.2 cm³/mol. The van der Waals surface area contributed by atoms with Crippen LogP contribution in [0.15, 0.2) is 23.0 Å². The fourth-order valence-electron chi connectivity index (χ4n) is 2.15. The number of hydrogen-bond acceptors (Lipinski definition) is 3. The molecule has 108 valence electrons. The number of rotatable bonds is 4. The molecule has 1 heterocycles. The van der Waals surface area contributed by atoms with Crippen LogP contribution in [0.1, 0.15) is 32.6 Å². The first-order valence-corrected chi connectivity index (χ1v) is 7.17. The molecule has 0 saturated heterocycles. The maximum absolute atomic E-state index is 12.4. The van der Waals surface area contributed by atoms with E-state index < -0.39 is 0 Å². The Bertz CT molecular complexity index is 679. The van der Waals surface area contributed by atoms with E-state index in [1.165, 1.54) is 0 Å². The van der Waals surface area contributed by atoms with E-state index in [0.717, 1.165) is 12.4 Å². The third kappa shape index (κ3) is 3.02. The minimum atomic E-state index is -0.0418. The molecule has 0 radical (unpaired) electrons. The Morgan fingerprint density at radius 2 is 2.05 bits per heavy atom. The molecule has 0 amide bonds. The van der Waals surface area contributed by atoms with Crippen LogP contribution in [-0.2, 0) is 7.05 Å². The number of fused-ring (bicyclic) bond motifs is 1. The van der Waals surface area contributed by atoms with Crippen LogP contribution in [0.2, 0.25) is 5.02 Å². The first-order chi connectivity index (χ1) is 9.40. The van der Waals surface area contributed by atoms with Crippen molar-refractivity contribution < 1.29 is 0 Å². The number of nitrogens with one attached hydrogen (secondary N) is 1. The van der Waals surface area contributed by atoms with E-state index in [1.54, 1.807) is 29.8 Å². The highest BCUT2D eigenvalue weighted by molar-refractivity contribution is 6.31. The molecule has 20 heavy (non-hydrogen) atoms. The first kappa shape index (κ1) is 15.0. The van der Waals surface area contributed by atoms with Crippen molar-refractivity contribution in [3.05, 3.63) is 39.4 Å². The van der Waals surface area contributed by atoms with Crippen LogP contribution in [-0.4, -0.2) is 16.1 Å². The molecular formula is C15H20ClN3O. The Labute approximate surface area is 123 Å². The topological polar surface area (TPSA) is 46.9 Å². The third-order valence-corrected chi connectivity index (χ3v) is 3.53. The van der Waals surface area contributed by atoms with E-state index in [9.17, 15) is 4.79 Å². The molecule has 0 unspecified atom stereocenters. The molecule has 5 heteroatoms. The number of halogens is 1. The van der Waals surface area contributed by atoms with Gasteiger partial charge >= 0.3 is 0 Å². The summed E-state index contributed by atoms with van der Waals surface area (Å²) in [6.45, 7) is 7.18. The van der Waals surface area contributed by atoms with Gasteiger partial charge in [0.25, 0.3) is 5.56 Å². The molecular weight excluding hydrogens is 274 g/mol. The van der Waals surface area contributed by atoms with Crippen LogP contribution < -0.4 is 10.9 Å². The van der Waals surface area contributed by atoms with Crippen LogP contribution >= 0.6 is 11.6 Å². The summed E-state index contributed by atoms with van der Waals surface area (Å²) in [6, 6.07) is 5.19. The number of aromatic nitrogens is 2. The van der Waals surface area contributed by atoms with E-state index in [4.69, 9.17) is 11.6 Å². The van der Waals surface area contributed by atoms with Gasteiger partial charge in [-0.05, 0) is 37.6 Å². The highest BCUT2D eigenvalue weighted by Crippen LogP contribution is 2.17. The van der Waals surface area contributed by atoms with Crippen LogP contribution in [0.25, 0.3) is 10.9 Å². The minimum Gasteiger partial charge on any atom is -0.307 e. The van der Waals surface area contributed by atoms with Crippen molar-refractivity contribution in [1.29, 1.82) is 0 Å². The average molecular weight is 294 g/mol. The summed E-state index contributed by atoms with van der Waals surface area (Å²) in [5.41, 5.74) is 0.605. The van der Waals surface area contributed by atoms with Crippen molar-refractivity contribution in [3.8, 4) is 0 Å². The van der Waals surface area contributed by atoms with E-state index in [0.29, 0.717) is 21.8 Å². The lowest BCUT2D eigenvalue weighted by Gasteiger charge is -2.18. The van der Waals surface area contributed by atoms with Gasteiger partial charge in [0.15, 0.2) is 0 Å². The van der Waals surface area contributed by atoms with Gasteiger partial charge in [-0.3, -0.25) is 9.36 Å². The summed E-state index contributed by atoms with van der Waals surface area (Å²) >= 11 is 5.98. The van der Waals surface area contributed by atoms with Gasteiger partial charge in [-0.2, -0.15) is 0 Å². The average Bonchev–Trinajstić information content (AvgIpc) is 2.39. The molecule has 1 atom stereocenters. The van der Waals surface area contributed by atoms with Crippen LogP contribution in [0, 0.1) is 5.92 Å². The van der Waals surface area contributed by atoms with E-state index in [1.807, 2.05) is 6.92 Å². The summed E-state index contributed by atoms with van der Waals surface area (Å²) in [4.78, 5) is 16.9. The van der Waals surface area contributed by atoms with Crippen molar-refractivity contribution in [3.63, 3.8) is 0 Å². The molecule has 1 N–H and O–H groups in total. The van der Waals surface area contributed by atoms with E-state index in [2.05, 4.69) is 24.1 Å². The van der Waals surface area contributed by atoms with Gasteiger partial charge in [-0.25, -0.2) is 4.98 Å². The second kappa shape index (κ2) is 5.94. The molecule has 2 aromatic rings. The molecule has 0 aliphatic rings. The van der Waals surface area contributed by atoms with Gasteiger partial charge in [0.2, 0.25) is 0 Å². The molecule has 0 aliphatic heterocycles. The minimum absolute atomic E-state index is 0.0125. The molecule has 4 nitrogen and oxygen atoms in total. The number of hydrogen-bond donors (Lipinski definition) is 1. The van der Waals surface area contributed by atoms with Gasteiger partial charge in [0.05, 0.1) is 16.9 Å². The molecule has 0 bridgehead atoms. The Morgan fingerprint density at radius 3 is 2.70 bits per heavy atom.